The summed E-state index contributed by atoms with van der Waals surface area (Å²) in [6.07, 6.45) is -0.473. The van der Waals surface area contributed by atoms with Crippen molar-refractivity contribution in [3.63, 3.8) is 0 Å². The Balaban J connectivity index is 2.02. The van der Waals surface area contributed by atoms with E-state index in [-0.39, 0.29) is 6.04 Å². The molecule has 0 aliphatic carbocycles. The smallest absolute Gasteiger partial charge is 0.0909 e. The third-order valence-corrected chi connectivity index (χ3v) is 4.78. The Kier molecular flexibility index (Phi) is 5.38. The Morgan fingerprint density at radius 3 is 2.33 bits per heavy atom. The fourth-order valence-corrected chi connectivity index (χ4v) is 3.64. The van der Waals surface area contributed by atoms with Gasteiger partial charge < -0.3 is 20.2 Å². The highest BCUT2D eigenvalue weighted by atomic mass is 16.3. The largest absolute Gasteiger partial charge is 0.389 e. The highest BCUT2D eigenvalue weighted by Crippen LogP contribution is 2.39. The lowest BCUT2D eigenvalue weighted by Gasteiger charge is -2.44. The number of aliphatic hydroxyl groups is 1. The molecule has 0 fully saturated rings. The molecular formula is C20H27N3O. The van der Waals surface area contributed by atoms with Gasteiger partial charge in [-0.2, -0.15) is 0 Å². The number of hydrogen-bond donors (Lipinski definition) is 2. The lowest BCUT2D eigenvalue weighted by atomic mass is 9.97. The van der Waals surface area contributed by atoms with Crippen molar-refractivity contribution in [2.24, 2.45) is 0 Å². The predicted molar refractivity (Wildman–Crippen MR) is 101 cm³/mol. The van der Waals surface area contributed by atoms with Crippen LogP contribution in [0.25, 0.3) is 0 Å². The molecule has 0 spiro atoms. The van der Waals surface area contributed by atoms with E-state index < -0.39 is 6.10 Å². The molecular weight excluding hydrogens is 298 g/mol. The number of nitrogens with one attached hydrogen (secondary N) is 1. The van der Waals surface area contributed by atoms with Gasteiger partial charge in [-0.1, -0.05) is 42.5 Å². The average molecular weight is 325 g/mol. The Bertz CT molecular complexity index is 646. The highest BCUT2D eigenvalue weighted by molar-refractivity contribution is 5.74. The molecule has 2 atom stereocenters. The molecule has 0 aromatic heterocycles. The molecule has 1 aliphatic rings. The van der Waals surface area contributed by atoms with Crippen molar-refractivity contribution in [2.45, 2.75) is 19.1 Å². The number of likely N-dealkylation sites (N-methyl/N-ethyl adjacent to an activating group) is 2. The van der Waals surface area contributed by atoms with E-state index >= 15 is 0 Å². The fourth-order valence-electron chi connectivity index (χ4n) is 3.64. The van der Waals surface area contributed by atoms with Gasteiger partial charge in [0, 0.05) is 26.2 Å². The zero-order chi connectivity index (χ0) is 16.9. The van der Waals surface area contributed by atoms with Crippen molar-refractivity contribution in [1.29, 1.82) is 0 Å². The van der Waals surface area contributed by atoms with Gasteiger partial charge >= 0.3 is 0 Å². The van der Waals surface area contributed by atoms with Crippen LogP contribution in [-0.4, -0.2) is 44.4 Å². The maximum atomic E-state index is 10.8. The minimum absolute atomic E-state index is 0.0567. The summed E-state index contributed by atoms with van der Waals surface area (Å²) in [5.41, 5.74) is 3.61. The van der Waals surface area contributed by atoms with Crippen LogP contribution in [0.2, 0.25) is 0 Å². The SMILES string of the molecule is CCN1CCN([C@@H](c2ccccc2)[C@H](O)CNC)c2ccccc21. The van der Waals surface area contributed by atoms with Crippen LogP contribution in [0.15, 0.2) is 54.6 Å². The molecule has 0 bridgehead atoms. The van der Waals surface area contributed by atoms with Gasteiger partial charge in [0.2, 0.25) is 0 Å². The second-order valence-electron chi connectivity index (χ2n) is 6.24. The third kappa shape index (κ3) is 3.25. The van der Waals surface area contributed by atoms with Crippen molar-refractivity contribution in [2.75, 3.05) is 43.0 Å². The van der Waals surface area contributed by atoms with E-state index in [0.717, 1.165) is 25.2 Å². The molecule has 4 heteroatoms. The second kappa shape index (κ2) is 7.69. The highest BCUT2D eigenvalue weighted by Gasteiger charge is 2.32. The van der Waals surface area contributed by atoms with E-state index in [1.807, 2.05) is 25.2 Å². The Morgan fingerprint density at radius 2 is 1.67 bits per heavy atom. The summed E-state index contributed by atoms with van der Waals surface area (Å²) < 4.78 is 0. The van der Waals surface area contributed by atoms with Crippen LogP contribution in [0.1, 0.15) is 18.5 Å². The molecule has 2 aromatic carbocycles. The fraction of sp³-hybridized carbons (Fsp3) is 0.400. The molecule has 0 unspecified atom stereocenters. The number of rotatable bonds is 6. The Labute approximate surface area is 144 Å². The first-order chi connectivity index (χ1) is 11.8. The van der Waals surface area contributed by atoms with E-state index in [1.165, 1.54) is 11.4 Å². The van der Waals surface area contributed by atoms with Crippen LogP contribution in [0, 0.1) is 0 Å². The summed E-state index contributed by atoms with van der Waals surface area (Å²) in [6, 6.07) is 18.8. The number of hydrogen-bond acceptors (Lipinski definition) is 4. The minimum Gasteiger partial charge on any atom is -0.389 e. The van der Waals surface area contributed by atoms with Crippen LogP contribution >= 0.6 is 0 Å². The van der Waals surface area contributed by atoms with Crippen LogP contribution in [-0.2, 0) is 0 Å². The van der Waals surface area contributed by atoms with Gasteiger partial charge in [0.05, 0.1) is 23.5 Å². The zero-order valence-electron chi connectivity index (χ0n) is 14.5. The number of aliphatic hydroxyl groups excluding tert-OH is 1. The van der Waals surface area contributed by atoms with Crippen LogP contribution in [0.4, 0.5) is 11.4 Å². The first-order valence-electron chi connectivity index (χ1n) is 8.74. The van der Waals surface area contributed by atoms with E-state index in [4.69, 9.17) is 0 Å². The molecule has 1 aliphatic heterocycles. The summed E-state index contributed by atoms with van der Waals surface area (Å²) in [6.45, 7) is 5.64. The molecule has 2 N–H and O–H groups in total. The van der Waals surface area contributed by atoms with Crippen molar-refractivity contribution < 1.29 is 5.11 Å². The van der Waals surface area contributed by atoms with Gasteiger partial charge in [0.25, 0.3) is 0 Å². The maximum absolute atomic E-state index is 10.8. The van der Waals surface area contributed by atoms with Crippen molar-refractivity contribution in [3.8, 4) is 0 Å². The van der Waals surface area contributed by atoms with Crippen molar-refractivity contribution in [3.05, 3.63) is 60.2 Å². The summed E-state index contributed by atoms with van der Waals surface area (Å²) in [5.74, 6) is 0. The summed E-state index contributed by atoms with van der Waals surface area (Å²) in [4.78, 5) is 4.76. The molecule has 0 amide bonds. The minimum atomic E-state index is -0.473. The molecule has 0 saturated carbocycles. The quantitative estimate of drug-likeness (QED) is 0.856. The van der Waals surface area contributed by atoms with Crippen LogP contribution in [0.3, 0.4) is 0 Å². The molecule has 4 nitrogen and oxygen atoms in total. The van der Waals surface area contributed by atoms with Crippen molar-refractivity contribution in [1.82, 2.24) is 5.32 Å². The molecule has 0 radical (unpaired) electrons. The van der Waals surface area contributed by atoms with Gasteiger partial charge in [-0.25, -0.2) is 0 Å². The van der Waals surface area contributed by atoms with Crippen molar-refractivity contribution >= 4 is 11.4 Å². The average Bonchev–Trinajstić information content (AvgIpc) is 2.63. The molecule has 2 aromatic rings. The number of para-hydroxylation sites is 2. The van der Waals surface area contributed by atoms with E-state index in [1.54, 1.807) is 0 Å². The predicted octanol–water partition coefficient (Wildman–Crippen LogP) is 2.65. The lowest BCUT2D eigenvalue weighted by molar-refractivity contribution is 0.140. The van der Waals surface area contributed by atoms with E-state index in [0.29, 0.717) is 6.54 Å². The van der Waals surface area contributed by atoms with Gasteiger partial charge in [0.15, 0.2) is 0 Å². The first-order valence-corrected chi connectivity index (χ1v) is 8.74. The normalized spacial score (nSPS) is 16.6. The molecule has 3 rings (SSSR count). The van der Waals surface area contributed by atoms with Crippen LogP contribution < -0.4 is 15.1 Å². The summed E-state index contributed by atoms with van der Waals surface area (Å²) >= 11 is 0. The zero-order valence-corrected chi connectivity index (χ0v) is 14.5. The first kappa shape index (κ1) is 16.8. The maximum Gasteiger partial charge on any atom is 0.0909 e. The van der Waals surface area contributed by atoms with Gasteiger partial charge in [-0.3, -0.25) is 0 Å². The number of anilines is 2. The summed E-state index contributed by atoms with van der Waals surface area (Å²) in [7, 11) is 1.88. The summed E-state index contributed by atoms with van der Waals surface area (Å²) in [5, 5.41) is 14.0. The molecule has 0 saturated heterocycles. The molecule has 128 valence electrons. The van der Waals surface area contributed by atoms with Crippen LogP contribution in [0.5, 0.6) is 0 Å². The Hall–Kier alpha value is -2.04. The van der Waals surface area contributed by atoms with Gasteiger partial charge in [0.1, 0.15) is 0 Å². The number of fused-ring (bicyclic) bond motifs is 1. The standard InChI is InChI=1S/C20H27N3O/c1-3-22-13-14-23(18-12-8-7-11-17(18)22)20(19(24)15-21-2)16-9-5-4-6-10-16/h4-12,19-21,24H,3,13-15H2,1-2H3/t19-,20+/m1/s1. The molecule has 1 heterocycles. The monoisotopic (exact) mass is 325 g/mol. The number of benzene rings is 2. The second-order valence-corrected chi connectivity index (χ2v) is 6.24. The van der Waals surface area contributed by atoms with Gasteiger partial charge in [-0.15, -0.1) is 0 Å². The van der Waals surface area contributed by atoms with E-state index in [9.17, 15) is 5.11 Å². The lowest BCUT2D eigenvalue weighted by Crippen LogP contribution is -2.47. The number of nitrogens with zero attached hydrogens (tertiary/aromatic N) is 2. The topological polar surface area (TPSA) is 38.7 Å². The molecule has 24 heavy (non-hydrogen) atoms. The van der Waals surface area contributed by atoms with Gasteiger partial charge in [-0.05, 0) is 31.7 Å². The third-order valence-electron chi connectivity index (χ3n) is 4.78. The van der Waals surface area contributed by atoms with E-state index in [2.05, 4.69) is 58.4 Å². The Morgan fingerprint density at radius 1 is 1.00 bits per heavy atom.